The fraction of sp³-hybridized carbons (Fsp3) is 0.857. The molecule has 1 heterocycles. The molecule has 0 radical (unpaired) electrons. The van der Waals surface area contributed by atoms with Crippen LogP contribution in [0.3, 0.4) is 0 Å². The van der Waals surface area contributed by atoms with Crippen LogP contribution < -0.4 is 0 Å². The van der Waals surface area contributed by atoms with Crippen molar-refractivity contribution in [2.45, 2.75) is 52.6 Å². The first kappa shape index (κ1) is 15.8. The Hall–Kier alpha value is -1.26. The van der Waals surface area contributed by atoms with Gasteiger partial charge in [-0.15, -0.1) is 0 Å². The molecule has 19 heavy (non-hydrogen) atoms. The minimum absolute atomic E-state index is 0.0994. The van der Waals surface area contributed by atoms with Gasteiger partial charge in [0.15, 0.2) is 0 Å². The molecule has 0 bridgehead atoms. The third kappa shape index (κ3) is 3.85. The van der Waals surface area contributed by atoms with E-state index >= 15 is 0 Å². The number of rotatable bonds is 3. The van der Waals surface area contributed by atoms with E-state index < -0.39 is 0 Å². The summed E-state index contributed by atoms with van der Waals surface area (Å²) in [5, 5.41) is 0. The molecule has 0 aromatic carbocycles. The van der Waals surface area contributed by atoms with Crippen LogP contribution >= 0.6 is 0 Å². The van der Waals surface area contributed by atoms with Crippen molar-refractivity contribution < 1.29 is 14.3 Å². The Labute approximate surface area is 115 Å². The molecule has 1 rings (SSSR count). The Morgan fingerprint density at radius 1 is 1.21 bits per heavy atom. The van der Waals surface area contributed by atoms with Gasteiger partial charge in [-0.2, -0.15) is 0 Å². The van der Waals surface area contributed by atoms with Crippen LogP contribution in [0.2, 0.25) is 0 Å². The van der Waals surface area contributed by atoms with Gasteiger partial charge >= 0.3 is 6.09 Å². The van der Waals surface area contributed by atoms with E-state index in [9.17, 15) is 9.59 Å². The van der Waals surface area contributed by atoms with Crippen LogP contribution in [0.15, 0.2) is 0 Å². The van der Waals surface area contributed by atoms with Crippen LogP contribution in [0.5, 0.6) is 0 Å². The summed E-state index contributed by atoms with van der Waals surface area (Å²) < 4.78 is 4.74. The fourth-order valence-electron chi connectivity index (χ4n) is 2.79. The summed E-state index contributed by atoms with van der Waals surface area (Å²) in [5.41, 5.74) is 0. The molecule has 1 fully saturated rings. The second kappa shape index (κ2) is 6.78. The summed E-state index contributed by atoms with van der Waals surface area (Å²) in [7, 11) is 1.38. The normalized spacial score (nSPS) is 19.7. The van der Waals surface area contributed by atoms with Crippen molar-refractivity contribution in [3.63, 3.8) is 0 Å². The van der Waals surface area contributed by atoms with E-state index in [-0.39, 0.29) is 30.0 Å². The maximum Gasteiger partial charge on any atom is 0.409 e. The second-order valence-electron chi connectivity index (χ2n) is 5.69. The molecule has 0 N–H and O–H groups in total. The smallest absolute Gasteiger partial charge is 0.409 e. The molecule has 110 valence electrons. The Bertz CT molecular complexity index is 321. The molecule has 1 atom stereocenters. The molecule has 1 saturated heterocycles. The van der Waals surface area contributed by atoms with E-state index in [1.165, 1.54) is 7.11 Å². The number of methoxy groups -OCH3 is 1. The summed E-state index contributed by atoms with van der Waals surface area (Å²) in [6.45, 7) is 9.26. The molecule has 0 aliphatic carbocycles. The zero-order valence-corrected chi connectivity index (χ0v) is 12.7. The SMILES string of the molecule is COC(=O)N1CCC[C@@H](C(=O)N(C(C)C)C(C)C)C1. The number of ether oxygens (including phenoxy) is 1. The molecule has 0 saturated carbocycles. The van der Waals surface area contributed by atoms with Crippen molar-refractivity contribution >= 4 is 12.0 Å². The van der Waals surface area contributed by atoms with Crippen molar-refractivity contribution in [2.24, 2.45) is 5.92 Å². The van der Waals surface area contributed by atoms with Gasteiger partial charge in [0, 0.05) is 25.2 Å². The number of amides is 2. The van der Waals surface area contributed by atoms with E-state index in [2.05, 4.69) is 0 Å². The van der Waals surface area contributed by atoms with Crippen molar-refractivity contribution in [1.82, 2.24) is 9.80 Å². The monoisotopic (exact) mass is 270 g/mol. The average molecular weight is 270 g/mol. The highest BCUT2D eigenvalue weighted by atomic mass is 16.5. The van der Waals surface area contributed by atoms with Crippen molar-refractivity contribution in [2.75, 3.05) is 20.2 Å². The van der Waals surface area contributed by atoms with Crippen LogP contribution in [0.25, 0.3) is 0 Å². The molecular formula is C14H26N2O3. The molecule has 5 nitrogen and oxygen atoms in total. The van der Waals surface area contributed by atoms with Crippen LogP contribution in [0, 0.1) is 5.92 Å². The summed E-state index contributed by atoms with van der Waals surface area (Å²) in [5.74, 6) is 0.0521. The number of hydrogen-bond donors (Lipinski definition) is 0. The summed E-state index contributed by atoms with van der Waals surface area (Å²) >= 11 is 0. The molecule has 0 unspecified atom stereocenters. The van der Waals surface area contributed by atoms with Gasteiger partial charge in [-0.3, -0.25) is 4.79 Å². The first-order valence-corrected chi connectivity index (χ1v) is 7.03. The number of nitrogens with zero attached hydrogens (tertiary/aromatic N) is 2. The van der Waals surface area contributed by atoms with Gasteiger partial charge in [0.2, 0.25) is 5.91 Å². The number of carbonyl (C=O) groups excluding carboxylic acids is 2. The number of piperidine rings is 1. The first-order valence-electron chi connectivity index (χ1n) is 7.03. The lowest BCUT2D eigenvalue weighted by Gasteiger charge is -2.37. The summed E-state index contributed by atoms with van der Waals surface area (Å²) in [6, 6.07) is 0.363. The predicted molar refractivity (Wildman–Crippen MR) is 73.8 cm³/mol. The Morgan fingerprint density at radius 2 is 1.79 bits per heavy atom. The Balaban J connectivity index is 2.73. The highest BCUT2D eigenvalue weighted by molar-refractivity contribution is 5.80. The maximum atomic E-state index is 12.6. The lowest BCUT2D eigenvalue weighted by molar-refractivity contribution is -0.140. The number of likely N-dealkylation sites (tertiary alicyclic amines) is 1. The largest absolute Gasteiger partial charge is 0.453 e. The maximum absolute atomic E-state index is 12.6. The minimum atomic E-state index is -0.335. The molecule has 0 spiro atoms. The topological polar surface area (TPSA) is 49.9 Å². The lowest BCUT2D eigenvalue weighted by Crippen LogP contribution is -2.50. The predicted octanol–water partition coefficient (Wildman–Crippen LogP) is 2.11. The summed E-state index contributed by atoms with van der Waals surface area (Å²) in [4.78, 5) is 27.7. The quantitative estimate of drug-likeness (QED) is 0.789. The fourth-order valence-corrected chi connectivity index (χ4v) is 2.79. The standard InChI is InChI=1S/C14H26N2O3/c1-10(2)16(11(3)4)13(17)12-7-6-8-15(9-12)14(18)19-5/h10-12H,6-9H2,1-5H3/t12-/m1/s1. The number of hydrogen-bond acceptors (Lipinski definition) is 3. The Morgan fingerprint density at radius 3 is 2.26 bits per heavy atom. The second-order valence-corrected chi connectivity index (χ2v) is 5.69. The molecule has 0 aromatic heterocycles. The van der Waals surface area contributed by atoms with Gasteiger partial charge in [-0.05, 0) is 40.5 Å². The van der Waals surface area contributed by atoms with E-state index in [0.717, 1.165) is 12.8 Å². The highest BCUT2D eigenvalue weighted by Crippen LogP contribution is 2.21. The highest BCUT2D eigenvalue weighted by Gasteiger charge is 2.33. The van der Waals surface area contributed by atoms with E-state index in [1.54, 1.807) is 4.90 Å². The van der Waals surface area contributed by atoms with Crippen LogP contribution in [-0.4, -0.2) is 54.1 Å². The third-order valence-corrected chi connectivity index (χ3v) is 3.57. The zero-order chi connectivity index (χ0) is 14.6. The molecule has 1 aliphatic rings. The van der Waals surface area contributed by atoms with Crippen molar-refractivity contribution in [3.05, 3.63) is 0 Å². The molecule has 5 heteroatoms. The minimum Gasteiger partial charge on any atom is -0.453 e. The van der Waals surface area contributed by atoms with Gasteiger partial charge in [-0.1, -0.05) is 0 Å². The van der Waals surface area contributed by atoms with E-state index in [0.29, 0.717) is 13.1 Å². The van der Waals surface area contributed by atoms with Crippen LogP contribution in [-0.2, 0) is 9.53 Å². The molecular weight excluding hydrogens is 244 g/mol. The Kier molecular flexibility index (Phi) is 5.63. The van der Waals surface area contributed by atoms with Crippen molar-refractivity contribution in [3.8, 4) is 0 Å². The first-order chi connectivity index (χ1) is 8.88. The average Bonchev–Trinajstić information content (AvgIpc) is 2.37. The van der Waals surface area contributed by atoms with Gasteiger partial charge in [0.05, 0.1) is 13.0 Å². The third-order valence-electron chi connectivity index (χ3n) is 3.57. The van der Waals surface area contributed by atoms with Gasteiger partial charge < -0.3 is 14.5 Å². The van der Waals surface area contributed by atoms with Gasteiger partial charge in [-0.25, -0.2) is 4.79 Å². The molecule has 1 aliphatic heterocycles. The summed E-state index contributed by atoms with van der Waals surface area (Å²) in [6.07, 6.45) is 1.37. The van der Waals surface area contributed by atoms with Crippen LogP contribution in [0.1, 0.15) is 40.5 Å². The molecule has 0 aromatic rings. The van der Waals surface area contributed by atoms with Gasteiger partial charge in [0.1, 0.15) is 0 Å². The van der Waals surface area contributed by atoms with E-state index in [1.807, 2.05) is 32.6 Å². The van der Waals surface area contributed by atoms with Gasteiger partial charge in [0.25, 0.3) is 0 Å². The van der Waals surface area contributed by atoms with E-state index in [4.69, 9.17) is 4.74 Å². The number of carbonyl (C=O) groups is 2. The van der Waals surface area contributed by atoms with Crippen molar-refractivity contribution in [1.29, 1.82) is 0 Å². The molecule has 2 amide bonds. The van der Waals surface area contributed by atoms with Crippen LogP contribution in [0.4, 0.5) is 4.79 Å². The zero-order valence-electron chi connectivity index (χ0n) is 12.7. The lowest BCUT2D eigenvalue weighted by atomic mass is 9.95.